The normalized spacial score (nSPS) is 11.7. The van der Waals surface area contributed by atoms with Crippen molar-refractivity contribution in [1.29, 1.82) is 0 Å². The predicted molar refractivity (Wildman–Crippen MR) is 84.3 cm³/mol. The van der Waals surface area contributed by atoms with Gasteiger partial charge in [-0.2, -0.15) is 0 Å². The van der Waals surface area contributed by atoms with E-state index in [2.05, 4.69) is 20.7 Å². The minimum atomic E-state index is -3.91. The van der Waals surface area contributed by atoms with Gasteiger partial charge in [-0.25, -0.2) is 12.8 Å². The Labute approximate surface area is 141 Å². The standard InChI is InChI=1S/C10H4BrCl3FNO2S2/c11-10-7(14)3-8(19-10)20(17,18)16-9-5(12)1-4(15)2-6(9)13/h1-3,16H. The summed E-state index contributed by atoms with van der Waals surface area (Å²) in [5, 5.41) is -0.00716. The lowest BCUT2D eigenvalue weighted by atomic mass is 10.3. The molecule has 0 spiro atoms. The molecule has 3 nitrogen and oxygen atoms in total. The number of halogens is 5. The van der Waals surface area contributed by atoms with Crippen LogP contribution in [-0.4, -0.2) is 8.42 Å². The number of anilines is 1. The molecule has 0 bridgehead atoms. The number of thiophene rings is 1. The molecule has 0 atom stereocenters. The van der Waals surface area contributed by atoms with Crippen LogP contribution in [0.2, 0.25) is 15.1 Å². The molecule has 0 saturated carbocycles. The number of hydrogen-bond acceptors (Lipinski definition) is 3. The molecule has 108 valence electrons. The zero-order chi connectivity index (χ0) is 15.1. The van der Waals surface area contributed by atoms with E-state index in [1.165, 1.54) is 6.07 Å². The van der Waals surface area contributed by atoms with Crippen LogP contribution in [0.25, 0.3) is 0 Å². The van der Waals surface area contributed by atoms with Crippen LogP contribution in [0.4, 0.5) is 10.1 Å². The Morgan fingerprint density at radius 1 is 1.10 bits per heavy atom. The van der Waals surface area contributed by atoms with Gasteiger partial charge in [0.2, 0.25) is 0 Å². The molecule has 10 heteroatoms. The summed E-state index contributed by atoms with van der Waals surface area (Å²) in [6, 6.07) is 3.20. The van der Waals surface area contributed by atoms with E-state index in [1.807, 2.05) is 0 Å². The molecule has 2 rings (SSSR count). The van der Waals surface area contributed by atoms with Crippen LogP contribution in [0.3, 0.4) is 0 Å². The average molecular weight is 440 g/mol. The Balaban J connectivity index is 2.43. The van der Waals surface area contributed by atoms with Crippen molar-refractivity contribution in [1.82, 2.24) is 0 Å². The van der Waals surface area contributed by atoms with E-state index in [0.717, 1.165) is 23.5 Å². The Bertz CT molecular complexity index is 736. The van der Waals surface area contributed by atoms with Crippen molar-refractivity contribution in [2.24, 2.45) is 0 Å². The van der Waals surface area contributed by atoms with Gasteiger partial charge >= 0.3 is 0 Å². The van der Waals surface area contributed by atoms with E-state index >= 15 is 0 Å². The van der Waals surface area contributed by atoms with Crippen molar-refractivity contribution in [2.45, 2.75) is 4.21 Å². The Kier molecular flexibility index (Phi) is 4.88. The number of rotatable bonds is 3. The topological polar surface area (TPSA) is 46.2 Å². The van der Waals surface area contributed by atoms with Gasteiger partial charge in [0.05, 0.1) is 24.5 Å². The largest absolute Gasteiger partial charge is 0.276 e. The second-order valence-corrected chi connectivity index (χ2v) is 9.04. The van der Waals surface area contributed by atoms with Crippen LogP contribution >= 0.6 is 62.1 Å². The molecule has 20 heavy (non-hydrogen) atoms. The van der Waals surface area contributed by atoms with Crippen molar-refractivity contribution >= 4 is 77.8 Å². The molecule has 0 aliphatic carbocycles. The molecule has 0 aliphatic rings. The number of sulfonamides is 1. The van der Waals surface area contributed by atoms with Gasteiger partial charge in [0, 0.05) is 0 Å². The molecule has 1 aromatic heterocycles. The zero-order valence-corrected chi connectivity index (χ0v) is 14.7. The van der Waals surface area contributed by atoms with Crippen LogP contribution in [0, 0.1) is 5.82 Å². The number of benzene rings is 1. The van der Waals surface area contributed by atoms with Gasteiger partial charge in [0.1, 0.15) is 10.0 Å². The van der Waals surface area contributed by atoms with Gasteiger partial charge in [-0.05, 0) is 34.1 Å². The van der Waals surface area contributed by atoms with Crippen molar-refractivity contribution in [3.63, 3.8) is 0 Å². The summed E-state index contributed by atoms with van der Waals surface area (Å²) in [6.07, 6.45) is 0. The van der Waals surface area contributed by atoms with E-state index in [4.69, 9.17) is 34.8 Å². The summed E-state index contributed by atoms with van der Waals surface area (Å²) in [4.78, 5) is 0. The van der Waals surface area contributed by atoms with Crippen molar-refractivity contribution in [2.75, 3.05) is 4.72 Å². The maximum Gasteiger partial charge on any atom is 0.271 e. The highest BCUT2D eigenvalue weighted by Gasteiger charge is 2.22. The van der Waals surface area contributed by atoms with E-state index in [0.29, 0.717) is 3.79 Å². The van der Waals surface area contributed by atoms with E-state index in [1.54, 1.807) is 0 Å². The van der Waals surface area contributed by atoms with Gasteiger partial charge in [0.15, 0.2) is 0 Å². The summed E-state index contributed by atoms with van der Waals surface area (Å²) in [5.41, 5.74) is -0.0876. The first-order chi connectivity index (χ1) is 9.20. The molecule has 0 unspecified atom stereocenters. The zero-order valence-electron chi connectivity index (χ0n) is 9.25. The molecular formula is C10H4BrCl3FNO2S2. The number of hydrogen-bond donors (Lipinski definition) is 1. The van der Waals surface area contributed by atoms with Gasteiger partial charge in [-0.15, -0.1) is 11.3 Å². The van der Waals surface area contributed by atoms with E-state index < -0.39 is 15.8 Å². The van der Waals surface area contributed by atoms with Gasteiger partial charge in [0.25, 0.3) is 10.0 Å². The fourth-order valence-electron chi connectivity index (χ4n) is 1.28. The Morgan fingerprint density at radius 2 is 1.65 bits per heavy atom. The van der Waals surface area contributed by atoms with Gasteiger partial charge in [-0.3, -0.25) is 4.72 Å². The monoisotopic (exact) mass is 437 g/mol. The average Bonchev–Trinajstić information content (AvgIpc) is 2.65. The van der Waals surface area contributed by atoms with Crippen molar-refractivity contribution < 1.29 is 12.8 Å². The third-order valence-electron chi connectivity index (χ3n) is 2.13. The maximum atomic E-state index is 13.1. The molecule has 0 saturated heterocycles. The van der Waals surface area contributed by atoms with E-state index in [9.17, 15) is 12.8 Å². The highest BCUT2D eigenvalue weighted by molar-refractivity contribution is 9.11. The third kappa shape index (κ3) is 3.40. The summed E-state index contributed by atoms with van der Waals surface area (Å²) in [7, 11) is -3.91. The van der Waals surface area contributed by atoms with Crippen LogP contribution in [0.15, 0.2) is 26.2 Å². The Morgan fingerprint density at radius 3 is 2.10 bits per heavy atom. The lowest BCUT2D eigenvalue weighted by molar-refractivity contribution is 0.603. The Hall–Kier alpha value is -0.0500. The highest BCUT2D eigenvalue weighted by atomic mass is 79.9. The van der Waals surface area contributed by atoms with E-state index in [-0.39, 0.29) is 25.0 Å². The summed E-state index contributed by atoms with van der Waals surface area (Å²) >= 11 is 21.4. The maximum absolute atomic E-state index is 13.1. The lowest BCUT2D eigenvalue weighted by Crippen LogP contribution is -2.12. The summed E-state index contributed by atoms with van der Waals surface area (Å²) in [6.45, 7) is 0. The molecule has 1 heterocycles. The van der Waals surface area contributed by atoms with Crippen LogP contribution in [0.5, 0.6) is 0 Å². The SMILES string of the molecule is O=S(=O)(Nc1c(Cl)cc(F)cc1Cl)c1cc(Cl)c(Br)s1. The predicted octanol–water partition coefficient (Wildman–Crippen LogP) is 5.41. The molecular weight excluding hydrogens is 436 g/mol. The first-order valence-electron chi connectivity index (χ1n) is 4.83. The summed E-state index contributed by atoms with van der Waals surface area (Å²) in [5.74, 6) is -0.662. The second-order valence-electron chi connectivity index (χ2n) is 3.54. The number of nitrogens with one attached hydrogen (secondary N) is 1. The molecule has 1 aromatic carbocycles. The van der Waals surface area contributed by atoms with Crippen LogP contribution in [-0.2, 0) is 10.0 Å². The third-order valence-corrected chi connectivity index (χ3v) is 7.02. The highest BCUT2D eigenvalue weighted by Crippen LogP contribution is 2.37. The smallest absolute Gasteiger partial charge is 0.271 e. The quantitative estimate of drug-likeness (QED) is 0.695. The second kappa shape index (κ2) is 5.98. The summed E-state index contributed by atoms with van der Waals surface area (Å²) < 4.78 is 40.1. The first-order valence-corrected chi connectivity index (χ1v) is 9.05. The fourth-order valence-corrected chi connectivity index (χ4v) is 5.45. The first kappa shape index (κ1) is 16.3. The van der Waals surface area contributed by atoms with Crippen LogP contribution < -0.4 is 4.72 Å². The molecule has 0 amide bonds. The molecule has 0 aliphatic heterocycles. The molecule has 1 N–H and O–H groups in total. The molecule has 0 radical (unpaired) electrons. The van der Waals surface area contributed by atoms with Crippen molar-refractivity contribution in [3.05, 3.63) is 42.9 Å². The lowest BCUT2D eigenvalue weighted by Gasteiger charge is -2.10. The molecule has 0 fully saturated rings. The fraction of sp³-hybridized carbons (Fsp3) is 0. The minimum absolute atomic E-state index is 0.0224. The van der Waals surface area contributed by atoms with Gasteiger partial charge < -0.3 is 0 Å². The van der Waals surface area contributed by atoms with Crippen molar-refractivity contribution in [3.8, 4) is 0 Å². The van der Waals surface area contributed by atoms with Gasteiger partial charge in [-0.1, -0.05) is 34.8 Å². The minimum Gasteiger partial charge on any atom is -0.276 e. The molecule has 2 aromatic rings. The van der Waals surface area contributed by atoms with Crippen LogP contribution in [0.1, 0.15) is 0 Å².